The molecule has 0 amide bonds. The number of nitrogens with zero attached hydrogens (tertiary/aromatic N) is 2. The first-order valence-electron chi connectivity index (χ1n) is 7.39. The molecule has 5 nitrogen and oxygen atoms in total. The minimum Gasteiger partial charge on any atom is -0.369 e. The monoisotopic (exact) mass is 262 g/mol. The molecular formula is C14H22N4O. The molecule has 0 atom stereocenters. The Balaban J connectivity index is 1.52. The Labute approximate surface area is 113 Å². The molecule has 1 aliphatic carbocycles. The van der Waals surface area contributed by atoms with Gasteiger partial charge < -0.3 is 15.2 Å². The fourth-order valence-corrected chi connectivity index (χ4v) is 2.64. The maximum absolute atomic E-state index is 11.6. The van der Waals surface area contributed by atoms with Gasteiger partial charge >= 0.3 is 0 Å². The summed E-state index contributed by atoms with van der Waals surface area (Å²) in [5, 5.41) is 3.28. The van der Waals surface area contributed by atoms with Crippen LogP contribution in [-0.2, 0) is 0 Å². The second-order valence-corrected chi connectivity index (χ2v) is 5.62. The average molecular weight is 262 g/mol. The van der Waals surface area contributed by atoms with Crippen LogP contribution in [0.2, 0.25) is 0 Å². The molecule has 19 heavy (non-hydrogen) atoms. The number of hydrogen-bond acceptors (Lipinski definition) is 4. The molecule has 2 heterocycles. The first-order valence-corrected chi connectivity index (χ1v) is 7.39. The zero-order valence-corrected chi connectivity index (χ0v) is 11.3. The lowest BCUT2D eigenvalue weighted by atomic mass is 10.1. The third kappa shape index (κ3) is 3.56. The summed E-state index contributed by atoms with van der Waals surface area (Å²) >= 11 is 0. The molecular weight excluding hydrogens is 240 g/mol. The lowest BCUT2D eigenvalue weighted by Crippen LogP contribution is -2.34. The Kier molecular flexibility index (Phi) is 3.82. The van der Waals surface area contributed by atoms with E-state index in [1.807, 2.05) is 0 Å². The Morgan fingerprint density at radius 2 is 2.11 bits per heavy atom. The lowest BCUT2D eigenvalue weighted by molar-refractivity contribution is 0.237. The number of H-pyrrole nitrogens is 1. The van der Waals surface area contributed by atoms with E-state index in [2.05, 4.69) is 20.2 Å². The smallest absolute Gasteiger partial charge is 0.252 e. The van der Waals surface area contributed by atoms with Crippen molar-refractivity contribution in [1.82, 2.24) is 14.9 Å². The van der Waals surface area contributed by atoms with Gasteiger partial charge in [0.2, 0.25) is 0 Å². The molecule has 104 valence electrons. The van der Waals surface area contributed by atoms with Crippen molar-refractivity contribution in [2.45, 2.75) is 38.0 Å². The van der Waals surface area contributed by atoms with Crippen molar-refractivity contribution in [1.29, 1.82) is 0 Å². The van der Waals surface area contributed by atoms with E-state index < -0.39 is 0 Å². The summed E-state index contributed by atoms with van der Waals surface area (Å²) in [7, 11) is 0. The normalized spacial score (nSPS) is 20.4. The van der Waals surface area contributed by atoms with E-state index in [0.717, 1.165) is 37.6 Å². The van der Waals surface area contributed by atoms with Crippen molar-refractivity contribution in [2.75, 3.05) is 31.5 Å². The highest BCUT2D eigenvalue weighted by Crippen LogP contribution is 2.37. The first-order chi connectivity index (χ1) is 9.31. The highest BCUT2D eigenvalue weighted by Gasteiger charge is 2.26. The molecule has 5 heteroatoms. The average Bonchev–Trinajstić information content (AvgIpc) is 3.24. The molecule has 1 aliphatic heterocycles. The predicted molar refractivity (Wildman–Crippen MR) is 75.6 cm³/mol. The van der Waals surface area contributed by atoms with E-state index in [1.165, 1.54) is 32.4 Å². The van der Waals surface area contributed by atoms with Crippen LogP contribution in [0.4, 0.5) is 5.82 Å². The van der Waals surface area contributed by atoms with Crippen LogP contribution >= 0.6 is 0 Å². The summed E-state index contributed by atoms with van der Waals surface area (Å²) in [4.78, 5) is 21.4. The summed E-state index contributed by atoms with van der Waals surface area (Å²) in [6, 6.07) is 1.56. The largest absolute Gasteiger partial charge is 0.369 e. The second-order valence-electron chi connectivity index (χ2n) is 5.62. The van der Waals surface area contributed by atoms with Gasteiger partial charge in [0.15, 0.2) is 0 Å². The number of likely N-dealkylation sites (tertiary alicyclic amines) is 1. The summed E-state index contributed by atoms with van der Waals surface area (Å²) in [5.74, 6) is 2.06. The number of aromatic amines is 1. The number of rotatable bonds is 5. The topological polar surface area (TPSA) is 61.0 Å². The van der Waals surface area contributed by atoms with Gasteiger partial charge in [-0.2, -0.15) is 0 Å². The van der Waals surface area contributed by atoms with Crippen LogP contribution in [0.3, 0.4) is 0 Å². The van der Waals surface area contributed by atoms with Gasteiger partial charge in [-0.3, -0.25) is 4.79 Å². The van der Waals surface area contributed by atoms with Gasteiger partial charge in [-0.1, -0.05) is 6.42 Å². The summed E-state index contributed by atoms with van der Waals surface area (Å²) in [5.41, 5.74) is -0.0441. The van der Waals surface area contributed by atoms with Crippen molar-refractivity contribution in [3.63, 3.8) is 0 Å². The molecule has 0 bridgehead atoms. The maximum Gasteiger partial charge on any atom is 0.252 e. The van der Waals surface area contributed by atoms with Crippen LogP contribution in [0.15, 0.2) is 10.9 Å². The highest BCUT2D eigenvalue weighted by atomic mass is 16.1. The molecule has 2 aliphatic rings. The second kappa shape index (κ2) is 5.74. The Morgan fingerprint density at radius 3 is 2.84 bits per heavy atom. The summed E-state index contributed by atoms with van der Waals surface area (Å²) < 4.78 is 0. The quantitative estimate of drug-likeness (QED) is 0.845. The van der Waals surface area contributed by atoms with Gasteiger partial charge in [0.05, 0.1) is 0 Å². The fourth-order valence-electron chi connectivity index (χ4n) is 2.64. The van der Waals surface area contributed by atoms with Gasteiger partial charge in [0.1, 0.15) is 11.6 Å². The fraction of sp³-hybridized carbons (Fsp3) is 0.714. The minimum atomic E-state index is -0.0441. The highest BCUT2D eigenvalue weighted by molar-refractivity contribution is 5.33. The van der Waals surface area contributed by atoms with E-state index in [9.17, 15) is 4.79 Å². The predicted octanol–water partition coefficient (Wildman–Crippen LogP) is 1.55. The van der Waals surface area contributed by atoms with Crippen molar-refractivity contribution in [2.24, 2.45) is 0 Å². The molecule has 0 spiro atoms. The number of piperidine rings is 1. The minimum absolute atomic E-state index is 0.0441. The van der Waals surface area contributed by atoms with Gasteiger partial charge in [-0.25, -0.2) is 4.98 Å². The van der Waals surface area contributed by atoms with E-state index in [0.29, 0.717) is 5.92 Å². The number of hydrogen-bond donors (Lipinski definition) is 2. The van der Waals surface area contributed by atoms with Crippen LogP contribution < -0.4 is 10.9 Å². The summed E-state index contributed by atoms with van der Waals surface area (Å²) in [6.07, 6.45) is 6.30. The molecule has 1 aromatic rings. The molecule has 2 N–H and O–H groups in total. The lowest BCUT2D eigenvalue weighted by Gasteiger charge is -2.26. The number of anilines is 1. The first kappa shape index (κ1) is 12.7. The molecule has 2 fully saturated rings. The van der Waals surface area contributed by atoms with E-state index >= 15 is 0 Å². The SMILES string of the molecule is O=c1cc(NCCN2CCCCC2)nc(C2CC2)[nH]1. The zero-order chi connectivity index (χ0) is 13.1. The van der Waals surface area contributed by atoms with Gasteiger partial charge in [0.25, 0.3) is 5.56 Å². The molecule has 0 unspecified atom stereocenters. The molecule has 0 radical (unpaired) electrons. The third-order valence-electron chi connectivity index (χ3n) is 3.91. The van der Waals surface area contributed by atoms with Crippen molar-refractivity contribution >= 4 is 5.82 Å². The molecule has 1 aromatic heterocycles. The van der Waals surface area contributed by atoms with E-state index in [1.54, 1.807) is 6.07 Å². The van der Waals surface area contributed by atoms with Crippen LogP contribution in [0, 0.1) is 0 Å². The van der Waals surface area contributed by atoms with Crippen molar-refractivity contribution < 1.29 is 0 Å². The third-order valence-corrected chi connectivity index (χ3v) is 3.91. The van der Waals surface area contributed by atoms with Crippen LogP contribution in [0.5, 0.6) is 0 Å². The van der Waals surface area contributed by atoms with E-state index in [4.69, 9.17) is 0 Å². The van der Waals surface area contributed by atoms with Crippen molar-refractivity contribution in [3.8, 4) is 0 Å². The van der Waals surface area contributed by atoms with Gasteiger partial charge in [-0.05, 0) is 38.8 Å². The van der Waals surface area contributed by atoms with Crippen molar-refractivity contribution in [3.05, 3.63) is 22.2 Å². The van der Waals surface area contributed by atoms with Crippen LogP contribution in [-0.4, -0.2) is 41.0 Å². The Morgan fingerprint density at radius 1 is 1.32 bits per heavy atom. The van der Waals surface area contributed by atoms with Gasteiger partial charge in [0, 0.05) is 25.1 Å². The van der Waals surface area contributed by atoms with E-state index in [-0.39, 0.29) is 5.56 Å². The number of aromatic nitrogens is 2. The summed E-state index contributed by atoms with van der Waals surface area (Å²) in [6.45, 7) is 4.31. The van der Waals surface area contributed by atoms with Crippen LogP contribution in [0.1, 0.15) is 43.8 Å². The van der Waals surface area contributed by atoms with Gasteiger partial charge in [-0.15, -0.1) is 0 Å². The Hall–Kier alpha value is -1.36. The zero-order valence-electron chi connectivity index (χ0n) is 11.3. The number of nitrogens with one attached hydrogen (secondary N) is 2. The standard InChI is InChI=1S/C14H22N4O/c19-13-10-12(16-14(17-13)11-4-5-11)15-6-9-18-7-2-1-3-8-18/h10-11H,1-9H2,(H2,15,16,17,19). The Bertz CT molecular complexity index is 475. The molecule has 1 saturated carbocycles. The molecule has 0 aromatic carbocycles. The van der Waals surface area contributed by atoms with Crippen LogP contribution in [0.25, 0.3) is 0 Å². The molecule has 1 saturated heterocycles. The molecule has 3 rings (SSSR count). The maximum atomic E-state index is 11.6.